The second kappa shape index (κ2) is 2.70. The molecule has 0 atom stereocenters. The van der Waals surface area contributed by atoms with Crippen LogP contribution in [0, 0.1) is 0 Å². The summed E-state index contributed by atoms with van der Waals surface area (Å²) in [5.41, 5.74) is 2.81. The van der Waals surface area contributed by atoms with Gasteiger partial charge < -0.3 is 9.30 Å². The van der Waals surface area contributed by atoms with Crippen molar-refractivity contribution in [2.24, 2.45) is 7.05 Å². The molecule has 0 amide bonds. The first kappa shape index (κ1) is 7.47. The standard InChI is InChI=1S/C10H13NO/c1-11-6-5-8-3-4-9(12-2)7-10(8)11/h4-6H,3,7H2,1-2H3. The summed E-state index contributed by atoms with van der Waals surface area (Å²) < 4.78 is 7.39. The summed E-state index contributed by atoms with van der Waals surface area (Å²) in [4.78, 5) is 0. The third-order valence-electron chi connectivity index (χ3n) is 2.45. The monoisotopic (exact) mass is 163 g/mol. The Kier molecular flexibility index (Phi) is 1.68. The molecule has 0 fully saturated rings. The van der Waals surface area contributed by atoms with Crippen molar-refractivity contribution in [3.8, 4) is 0 Å². The largest absolute Gasteiger partial charge is 0.501 e. The lowest BCUT2D eigenvalue weighted by Gasteiger charge is -2.14. The maximum Gasteiger partial charge on any atom is 0.0977 e. The first-order valence-electron chi connectivity index (χ1n) is 4.17. The number of aryl methyl sites for hydroxylation is 1. The van der Waals surface area contributed by atoms with Crippen molar-refractivity contribution in [1.29, 1.82) is 0 Å². The van der Waals surface area contributed by atoms with Crippen molar-refractivity contribution >= 4 is 0 Å². The van der Waals surface area contributed by atoms with Gasteiger partial charge in [-0.1, -0.05) is 0 Å². The highest BCUT2D eigenvalue weighted by molar-refractivity contribution is 5.31. The van der Waals surface area contributed by atoms with Crippen LogP contribution in [0.25, 0.3) is 0 Å². The maximum absolute atomic E-state index is 5.22. The van der Waals surface area contributed by atoms with E-state index in [9.17, 15) is 0 Å². The molecule has 1 heterocycles. The van der Waals surface area contributed by atoms with Crippen LogP contribution in [-0.4, -0.2) is 11.7 Å². The van der Waals surface area contributed by atoms with E-state index in [-0.39, 0.29) is 0 Å². The highest BCUT2D eigenvalue weighted by atomic mass is 16.5. The molecule has 1 aliphatic rings. The van der Waals surface area contributed by atoms with Crippen molar-refractivity contribution in [2.75, 3.05) is 7.11 Å². The molecule has 2 rings (SSSR count). The fourth-order valence-corrected chi connectivity index (χ4v) is 1.66. The minimum absolute atomic E-state index is 0.940. The lowest BCUT2D eigenvalue weighted by Crippen LogP contribution is -2.06. The Morgan fingerprint density at radius 1 is 1.50 bits per heavy atom. The Balaban J connectivity index is 2.33. The quantitative estimate of drug-likeness (QED) is 0.614. The van der Waals surface area contributed by atoms with Crippen LogP contribution in [0.15, 0.2) is 24.1 Å². The summed E-state index contributed by atoms with van der Waals surface area (Å²) in [5.74, 6) is 1.09. The van der Waals surface area contributed by atoms with Gasteiger partial charge in [0.25, 0.3) is 0 Å². The van der Waals surface area contributed by atoms with Crippen LogP contribution in [-0.2, 0) is 24.6 Å². The number of rotatable bonds is 1. The molecule has 0 bridgehead atoms. The van der Waals surface area contributed by atoms with Crippen LogP contribution in [0.5, 0.6) is 0 Å². The maximum atomic E-state index is 5.22. The lowest BCUT2D eigenvalue weighted by atomic mass is 10.0. The lowest BCUT2D eigenvalue weighted by molar-refractivity contribution is 0.278. The predicted octanol–water partition coefficient (Wildman–Crippen LogP) is 1.65. The van der Waals surface area contributed by atoms with E-state index < -0.39 is 0 Å². The molecule has 0 radical (unpaired) electrons. The molecule has 0 aromatic carbocycles. The number of hydrogen-bond donors (Lipinski definition) is 0. The van der Waals surface area contributed by atoms with E-state index in [2.05, 4.69) is 30.0 Å². The number of aromatic nitrogens is 1. The molecule has 0 aliphatic heterocycles. The molecule has 0 spiro atoms. The molecule has 0 saturated heterocycles. The van der Waals surface area contributed by atoms with Gasteiger partial charge in [0.15, 0.2) is 0 Å². The number of ether oxygens (including phenoxy) is 1. The molecule has 0 saturated carbocycles. The number of fused-ring (bicyclic) bond motifs is 1. The van der Waals surface area contributed by atoms with Gasteiger partial charge >= 0.3 is 0 Å². The van der Waals surface area contributed by atoms with Gasteiger partial charge in [0.2, 0.25) is 0 Å². The van der Waals surface area contributed by atoms with Gasteiger partial charge in [0.05, 0.1) is 12.9 Å². The summed E-state index contributed by atoms with van der Waals surface area (Å²) >= 11 is 0. The second-order valence-electron chi connectivity index (χ2n) is 3.15. The molecule has 1 aliphatic carbocycles. The van der Waals surface area contributed by atoms with Gasteiger partial charge in [0, 0.05) is 25.4 Å². The third kappa shape index (κ3) is 1.04. The second-order valence-corrected chi connectivity index (χ2v) is 3.15. The van der Waals surface area contributed by atoms with Crippen molar-refractivity contribution < 1.29 is 4.74 Å². The smallest absolute Gasteiger partial charge is 0.0977 e. The zero-order chi connectivity index (χ0) is 8.55. The molecule has 1 aromatic rings. The summed E-state index contributed by atoms with van der Waals surface area (Å²) in [6.07, 6.45) is 6.22. The van der Waals surface area contributed by atoms with Crippen molar-refractivity contribution in [2.45, 2.75) is 12.8 Å². The Morgan fingerprint density at radius 2 is 2.33 bits per heavy atom. The minimum Gasteiger partial charge on any atom is -0.501 e. The van der Waals surface area contributed by atoms with E-state index in [0.717, 1.165) is 18.6 Å². The molecule has 0 N–H and O–H groups in total. The van der Waals surface area contributed by atoms with E-state index in [1.807, 2.05) is 0 Å². The summed E-state index contributed by atoms with van der Waals surface area (Å²) in [6.45, 7) is 0. The van der Waals surface area contributed by atoms with Crippen LogP contribution < -0.4 is 0 Å². The summed E-state index contributed by atoms with van der Waals surface area (Å²) in [5, 5.41) is 0. The predicted molar refractivity (Wildman–Crippen MR) is 47.9 cm³/mol. The molecule has 2 nitrogen and oxygen atoms in total. The van der Waals surface area contributed by atoms with Gasteiger partial charge in [-0.25, -0.2) is 0 Å². The van der Waals surface area contributed by atoms with Gasteiger partial charge in [-0.3, -0.25) is 0 Å². The van der Waals surface area contributed by atoms with E-state index in [1.54, 1.807) is 7.11 Å². The average molecular weight is 163 g/mol. The molecular formula is C10H13NO. The van der Waals surface area contributed by atoms with Crippen LogP contribution >= 0.6 is 0 Å². The van der Waals surface area contributed by atoms with Crippen LogP contribution in [0.4, 0.5) is 0 Å². The zero-order valence-electron chi connectivity index (χ0n) is 7.50. The number of nitrogens with zero attached hydrogens (tertiary/aromatic N) is 1. The Bertz CT molecular complexity index is 323. The third-order valence-corrected chi connectivity index (χ3v) is 2.45. The van der Waals surface area contributed by atoms with E-state index in [0.29, 0.717) is 0 Å². The molecule has 0 unspecified atom stereocenters. The van der Waals surface area contributed by atoms with Gasteiger partial charge in [-0.05, 0) is 24.1 Å². The summed E-state index contributed by atoms with van der Waals surface area (Å²) in [7, 11) is 3.82. The highest BCUT2D eigenvalue weighted by Gasteiger charge is 2.13. The van der Waals surface area contributed by atoms with E-state index in [4.69, 9.17) is 4.74 Å². The average Bonchev–Trinajstić information content (AvgIpc) is 2.47. The topological polar surface area (TPSA) is 14.2 Å². The fourth-order valence-electron chi connectivity index (χ4n) is 1.66. The molecule has 64 valence electrons. The molecule has 1 aromatic heterocycles. The normalized spacial score (nSPS) is 15.3. The molecule has 2 heteroatoms. The highest BCUT2D eigenvalue weighted by Crippen LogP contribution is 2.21. The van der Waals surface area contributed by atoms with Crippen molar-refractivity contribution in [3.05, 3.63) is 35.4 Å². The van der Waals surface area contributed by atoms with Crippen LogP contribution in [0.1, 0.15) is 11.3 Å². The fraction of sp³-hybridized carbons (Fsp3) is 0.400. The number of hydrogen-bond acceptors (Lipinski definition) is 1. The van der Waals surface area contributed by atoms with E-state index in [1.165, 1.54) is 11.3 Å². The molecular weight excluding hydrogens is 150 g/mol. The Morgan fingerprint density at radius 3 is 3.08 bits per heavy atom. The summed E-state index contributed by atoms with van der Waals surface area (Å²) in [6, 6.07) is 2.18. The van der Waals surface area contributed by atoms with Crippen molar-refractivity contribution in [3.63, 3.8) is 0 Å². The first-order valence-corrected chi connectivity index (χ1v) is 4.17. The number of allylic oxidation sites excluding steroid dienone is 2. The molecule has 12 heavy (non-hydrogen) atoms. The Labute approximate surface area is 72.5 Å². The zero-order valence-corrected chi connectivity index (χ0v) is 7.50. The minimum atomic E-state index is 0.940. The van der Waals surface area contributed by atoms with Crippen LogP contribution in [0.2, 0.25) is 0 Å². The number of methoxy groups -OCH3 is 1. The van der Waals surface area contributed by atoms with Crippen LogP contribution in [0.3, 0.4) is 0 Å². The van der Waals surface area contributed by atoms with Gasteiger partial charge in [-0.15, -0.1) is 0 Å². The van der Waals surface area contributed by atoms with Gasteiger partial charge in [-0.2, -0.15) is 0 Å². The van der Waals surface area contributed by atoms with Gasteiger partial charge in [0.1, 0.15) is 0 Å². The Hall–Kier alpha value is -1.18. The SMILES string of the molecule is COC1=CCc2ccn(C)c2C1. The first-order chi connectivity index (χ1) is 5.81. The van der Waals surface area contributed by atoms with E-state index >= 15 is 0 Å². The van der Waals surface area contributed by atoms with Crippen molar-refractivity contribution in [1.82, 2.24) is 4.57 Å².